The van der Waals surface area contributed by atoms with Crippen molar-refractivity contribution >= 4 is 34.5 Å². The second-order valence-corrected chi connectivity index (χ2v) is 8.17. The zero-order valence-electron chi connectivity index (χ0n) is 16.0. The van der Waals surface area contributed by atoms with Crippen LogP contribution in [-0.4, -0.2) is 10.9 Å². The molecule has 3 nitrogen and oxygen atoms in total. The monoisotopic (exact) mass is 398 g/mol. The Morgan fingerprint density at radius 1 is 1.22 bits per heavy atom. The fourth-order valence-electron chi connectivity index (χ4n) is 2.88. The molecule has 0 saturated heterocycles. The highest BCUT2D eigenvalue weighted by Crippen LogP contribution is 2.33. The highest BCUT2D eigenvalue weighted by Gasteiger charge is 2.13. The second-order valence-electron chi connectivity index (χ2n) is 6.88. The number of halogens is 1. The van der Waals surface area contributed by atoms with Gasteiger partial charge in [0.05, 0.1) is 15.7 Å². The molecule has 140 valence electrons. The number of hydrogen-bond acceptors (Lipinski definition) is 3. The molecule has 0 atom stereocenters. The fraction of sp³-hybridized carbons (Fsp3) is 0.273. The van der Waals surface area contributed by atoms with Crippen LogP contribution in [0.25, 0.3) is 11.3 Å². The molecule has 0 fully saturated rings. The number of aromatic nitrogens is 1. The van der Waals surface area contributed by atoms with E-state index in [-0.39, 0.29) is 5.91 Å². The number of thiazole rings is 1. The van der Waals surface area contributed by atoms with Crippen molar-refractivity contribution < 1.29 is 4.79 Å². The SMILES string of the molecule is CCc1ccc(C(=O)Nc2ccc(-c3csc(C(C)C)n3)c(Cl)c2)c(C)c1. The van der Waals surface area contributed by atoms with E-state index in [1.165, 1.54) is 5.56 Å². The molecule has 2 aromatic carbocycles. The Labute approximate surface area is 169 Å². The van der Waals surface area contributed by atoms with Gasteiger partial charge in [-0.2, -0.15) is 0 Å². The Morgan fingerprint density at radius 3 is 2.59 bits per heavy atom. The van der Waals surface area contributed by atoms with Crippen molar-refractivity contribution in [2.24, 2.45) is 0 Å². The average molecular weight is 399 g/mol. The molecule has 27 heavy (non-hydrogen) atoms. The fourth-order valence-corrected chi connectivity index (χ4v) is 3.99. The van der Waals surface area contributed by atoms with Gasteiger partial charge in [0.15, 0.2) is 0 Å². The number of nitrogens with one attached hydrogen (secondary N) is 1. The first-order valence-corrected chi connectivity index (χ1v) is 10.3. The molecule has 3 rings (SSSR count). The normalized spacial score (nSPS) is 11.0. The predicted octanol–water partition coefficient (Wildman–Crippen LogP) is 6.71. The van der Waals surface area contributed by atoms with Gasteiger partial charge in [0.2, 0.25) is 0 Å². The van der Waals surface area contributed by atoms with Crippen molar-refractivity contribution in [2.75, 3.05) is 5.32 Å². The Kier molecular flexibility index (Phi) is 5.98. The molecule has 0 spiro atoms. The molecule has 0 aliphatic heterocycles. The quantitative estimate of drug-likeness (QED) is 0.518. The third-order valence-corrected chi connectivity index (χ3v) is 5.92. The zero-order chi connectivity index (χ0) is 19.6. The molecule has 5 heteroatoms. The van der Waals surface area contributed by atoms with Crippen LogP contribution >= 0.6 is 22.9 Å². The molecule has 0 unspecified atom stereocenters. The molecular weight excluding hydrogens is 376 g/mol. The summed E-state index contributed by atoms with van der Waals surface area (Å²) >= 11 is 8.10. The summed E-state index contributed by atoms with van der Waals surface area (Å²) in [5.41, 5.74) is 5.29. The number of amides is 1. The Balaban J connectivity index is 1.80. The maximum Gasteiger partial charge on any atom is 0.255 e. The third kappa shape index (κ3) is 4.40. The Bertz CT molecular complexity index is 978. The molecule has 1 heterocycles. The van der Waals surface area contributed by atoms with Crippen LogP contribution in [0.3, 0.4) is 0 Å². The largest absolute Gasteiger partial charge is 0.322 e. The maximum atomic E-state index is 12.6. The Morgan fingerprint density at radius 2 is 2.00 bits per heavy atom. The van der Waals surface area contributed by atoms with Crippen LogP contribution in [-0.2, 0) is 6.42 Å². The molecule has 0 saturated carbocycles. The minimum absolute atomic E-state index is 0.130. The minimum Gasteiger partial charge on any atom is -0.322 e. The highest BCUT2D eigenvalue weighted by molar-refractivity contribution is 7.10. The van der Waals surface area contributed by atoms with Crippen molar-refractivity contribution in [1.82, 2.24) is 4.98 Å². The lowest BCUT2D eigenvalue weighted by atomic mass is 10.0. The zero-order valence-corrected chi connectivity index (χ0v) is 17.5. The van der Waals surface area contributed by atoms with E-state index < -0.39 is 0 Å². The highest BCUT2D eigenvalue weighted by atomic mass is 35.5. The average Bonchev–Trinajstić information content (AvgIpc) is 3.11. The number of benzene rings is 2. The number of rotatable bonds is 5. The molecular formula is C22H23ClN2OS. The lowest BCUT2D eigenvalue weighted by Crippen LogP contribution is -2.13. The first-order chi connectivity index (χ1) is 12.9. The van der Waals surface area contributed by atoms with E-state index in [1.807, 2.05) is 36.6 Å². The van der Waals surface area contributed by atoms with E-state index in [2.05, 4.69) is 37.1 Å². The lowest BCUT2D eigenvalue weighted by molar-refractivity contribution is 0.102. The first kappa shape index (κ1) is 19.6. The molecule has 0 bridgehead atoms. The summed E-state index contributed by atoms with van der Waals surface area (Å²) in [6, 6.07) is 11.5. The van der Waals surface area contributed by atoms with Crippen LogP contribution in [0.1, 0.15) is 53.2 Å². The first-order valence-electron chi connectivity index (χ1n) is 9.05. The van der Waals surface area contributed by atoms with E-state index in [9.17, 15) is 4.79 Å². The van der Waals surface area contributed by atoms with E-state index in [1.54, 1.807) is 17.4 Å². The van der Waals surface area contributed by atoms with Crippen molar-refractivity contribution in [2.45, 2.75) is 40.0 Å². The van der Waals surface area contributed by atoms with Gasteiger partial charge in [0, 0.05) is 28.1 Å². The second kappa shape index (κ2) is 8.24. The smallest absolute Gasteiger partial charge is 0.255 e. The van der Waals surface area contributed by atoms with Crippen LogP contribution in [0, 0.1) is 6.92 Å². The summed E-state index contributed by atoms with van der Waals surface area (Å²) in [4.78, 5) is 17.3. The Hall–Kier alpha value is -2.17. The predicted molar refractivity (Wildman–Crippen MR) is 115 cm³/mol. The standard InChI is InChI=1S/C22H23ClN2OS/c1-5-15-6-8-17(14(4)10-15)21(26)24-16-7-9-18(19(23)11-16)20-12-27-22(25-20)13(2)3/h6-13H,5H2,1-4H3,(H,24,26). The van der Waals surface area contributed by atoms with Crippen LogP contribution < -0.4 is 5.32 Å². The van der Waals surface area contributed by atoms with E-state index >= 15 is 0 Å². The number of aryl methyl sites for hydroxylation is 2. The van der Waals surface area contributed by atoms with Gasteiger partial charge in [-0.25, -0.2) is 4.98 Å². The van der Waals surface area contributed by atoms with Gasteiger partial charge in [0.25, 0.3) is 5.91 Å². The summed E-state index contributed by atoms with van der Waals surface area (Å²) in [6.07, 6.45) is 0.953. The molecule has 0 aliphatic carbocycles. The van der Waals surface area contributed by atoms with Crippen LogP contribution in [0.2, 0.25) is 5.02 Å². The number of hydrogen-bond donors (Lipinski definition) is 1. The van der Waals surface area contributed by atoms with Crippen LogP contribution in [0.15, 0.2) is 41.8 Å². The molecule has 0 aliphatic rings. The lowest BCUT2D eigenvalue weighted by Gasteiger charge is -2.10. The maximum absolute atomic E-state index is 12.6. The summed E-state index contributed by atoms with van der Waals surface area (Å²) in [6.45, 7) is 8.30. The summed E-state index contributed by atoms with van der Waals surface area (Å²) in [5, 5.41) is 6.62. The molecule has 3 aromatic rings. The van der Waals surface area contributed by atoms with Crippen LogP contribution in [0.4, 0.5) is 5.69 Å². The van der Waals surface area contributed by atoms with Crippen molar-refractivity contribution in [3.05, 3.63) is 68.5 Å². The van der Waals surface area contributed by atoms with E-state index in [4.69, 9.17) is 11.6 Å². The van der Waals surface area contributed by atoms with Crippen molar-refractivity contribution in [3.8, 4) is 11.3 Å². The molecule has 0 radical (unpaired) electrons. The van der Waals surface area contributed by atoms with Crippen LogP contribution in [0.5, 0.6) is 0 Å². The van der Waals surface area contributed by atoms with Gasteiger partial charge in [-0.1, -0.05) is 44.5 Å². The third-order valence-electron chi connectivity index (χ3n) is 4.46. The number of carbonyl (C=O) groups excluding carboxylic acids is 1. The van der Waals surface area contributed by atoms with Crippen molar-refractivity contribution in [1.29, 1.82) is 0 Å². The number of nitrogens with zero attached hydrogens (tertiary/aromatic N) is 1. The van der Waals surface area contributed by atoms with Gasteiger partial charge in [-0.3, -0.25) is 4.79 Å². The van der Waals surface area contributed by atoms with Gasteiger partial charge >= 0.3 is 0 Å². The molecule has 1 aromatic heterocycles. The van der Waals surface area contributed by atoms with Gasteiger partial charge < -0.3 is 5.32 Å². The number of carbonyl (C=O) groups is 1. The van der Waals surface area contributed by atoms with Gasteiger partial charge in [0.1, 0.15) is 0 Å². The van der Waals surface area contributed by atoms with Gasteiger partial charge in [-0.05, 0) is 48.7 Å². The van der Waals surface area contributed by atoms with Gasteiger partial charge in [-0.15, -0.1) is 11.3 Å². The van der Waals surface area contributed by atoms with Crippen molar-refractivity contribution in [3.63, 3.8) is 0 Å². The summed E-state index contributed by atoms with van der Waals surface area (Å²) in [7, 11) is 0. The molecule has 1 amide bonds. The summed E-state index contributed by atoms with van der Waals surface area (Å²) in [5.74, 6) is 0.262. The number of anilines is 1. The minimum atomic E-state index is -0.130. The van der Waals surface area contributed by atoms with E-state index in [0.717, 1.165) is 28.2 Å². The van der Waals surface area contributed by atoms with E-state index in [0.29, 0.717) is 22.2 Å². The summed E-state index contributed by atoms with van der Waals surface area (Å²) < 4.78 is 0. The topological polar surface area (TPSA) is 42.0 Å². The molecule has 1 N–H and O–H groups in total.